The van der Waals surface area contributed by atoms with Crippen LogP contribution in [0.2, 0.25) is 0 Å². The number of nitrogens with zero attached hydrogens (tertiary/aromatic N) is 2. The second-order valence-corrected chi connectivity index (χ2v) is 7.22. The van der Waals surface area contributed by atoms with E-state index in [1.807, 2.05) is 0 Å². The first-order valence-electron chi connectivity index (χ1n) is 6.26. The first-order chi connectivity index (χ1) is 9.80. The van der Waals surface area contributed by atoms with Crippen molar-refractivity contribution in [3.63, 3.8) is 0 Å². The van der Waals surface area contributed by atoms with Gasteiger partial charge in [-0.1, -0.05) is 11.2 Å². The fourth-order valence-corrected chi connectivity index (χ4v) is 2.72. The molecule has 0 saturated heterocycles. The Morgan fingerprint density at radius 1 is 1.29 bits per heavy atom. The van der Waals surface area contributed by atoms with E-state index in [2.05, 4.69) is 15.5 Å². The summed E-state index contributed by atoms with van der Waals surface area (Å²) in [5.74, 6) is -0.194. The molecular weight excluding hydrogens is 294 g/mol. The van der Waals surface area contributed by atoms with Gasteiger partial charge in [-0.3, -0.25) is 10.1 Å². The molecule has 1 N–H and O–H groups in total. The molecule has 0 fully saturated rings. The van der Waals surface area contributed by atoms with Crippen LogP contribution in [0.15, 0.2) is 33.6 Å². The van der Waals surface area contributed by atoms with Gasteiger partial charge in [0.1, 0.15) is 0 Å². The summed E-state index contributed by atoms with van der Waals surface area (Å²) in [6, 6.07) is 6.22. The first-order valence-corrected chi connectivity index (χ1v) is 7.81. The average molecular weight is 309 g/mol. The molecule has 0 aliphatic rings. The van der Waals surface area contributed by atoms with E-state index in [0.29, 0.717) is 5.56 Å². The van der Waals surface area contributed by atoms with E-state index in [4.69, 9.17) is 4.42 Å². The van der Waals surface area contributed by atoms with Crippen LogP contribution in [0.5, 0.6) is 0 Å². The van der Waals surface area contributed by atoms with Gasteiger partial charge in [0, 0.05) is 12.5 Å². The molecule has 2 aromatic rings. The quantitative estimate of drug-likeness (QED) is 0.925. The van der Waals surface area contributed by atoms with Crippen LogP contribution >= 0.6 is 0 Å². The number of benzene rings is 1. The van der Waals surface area contributed by atoms with Gasteiger partial charge in [-0.25, -0.2) is 8.42 Å². The fraction of sp³-hybridized carbons (Fsp3) is 0.308. The van der Waals surface area contributed by atoms with Gasteiger partial charge < -0.3 is 4.42 Å². The molecule has 1 heterocycles. The van der Waals surface area contributed by atoms with E-state index in [1.165, 1.54) is 19.1 Å². The van der Waals surface area contributed by atoms with Crippen LogP contribution in [0.3, 0.4) is 0 Å². The molecule has 0 aliphatic heterocycles. The predicted molar refractivity (Wildman–Crippen MR) is 76.4 cm³/mol. The Hall–Kier alpha value is -2.22. The monoisotopic (exact) mass is 309 g/mol. The summed E-state index contributed by atoms with van der Waals surface area (Å²) in [7, 11) is -3.38. The zero-order valence-electron chi connectivity index (χ0n) is 11.8. The number of nitrogens with one attached hydrogen (secondary N) is 1. The summed E-state index contributed by atoms with van der Waals surface area (Å²) in [4.78, 5) is 11.1. The first kappa shape index (κ1) is 15.2. The average Bonchev–Trinajstić information content (AvgIpc) is 2.86. The van der Waals surface area contributed by atoms with Crippen LogP contribution in [-0.2, 0) is 14.6 Å². The van der Waals surface area contributed by atoms with Crippen LogP contribution in [-0.4, -0.2) is 29.8 Å². The lowest BCUT2D eigenvalue weighted by molar-refractivity contribution is -0.114. The van der Waals surface area contributed by atoms with Crippen molar-refractivity contribution in [2.24, 2.45) is 0 Å². The maximum atomic E-state index is 12.1. The maximum Gasteiger partial charge on any atom is 0.322 e. The van der Waals surface area contributed by atoms with Crippen molar-refractivity contribution in [2.45, 2.75) is 30.9 Å². The fourth-order valence-electron chi connectivity index (χ4n) is 1.62. The summed E-state index contributed by atoms with van der Waals surface area (Å²) in [6.45, 7) is 4.55. The van der Waals surface area contributed by atoms with Gasteiger partial charge in [0.2, 0.25) is 11.8 Å². The molecule has 0 unspecified atom stereocenters. The molecular formula is C13H15N3O4S. The minimum atomic E-state index is -3.38. The lowest BCUT2D eigenvalue weighted by Gasteiger charge is -2.08. The summed E-state index contributed by atoms with van der Waals surface area (Å²) < 4.78 is 29.5. The predicted octanol–water partition coefficient (Wildman–Crippen LogP) is 1.88. The lowest BCUT2D eigenvalue weighted by atomic mass is 10.2. The number of rotatable bonds is 4. The number of carbonyl (C=O) groups excluding carboxylic acids is 1. The number of hydrogen-bond donors (Lipinski definition) is 1. The summed E-state index contributed by atoms with van der Waals surface area (Å²) >= 11 is 0. The maximum absolute atomic E-state index is 12.1. The smallest absolute Gasteiger partial charge is 0.322 e. The lowest BCUT2D eigenvalue weighted by Crippen LogP contribution is -2.13. The molecule has 0 spiro atoms. The van der Waals surface area contributed by atoms with Crippen molar-refractivity contribution < 1.29 is 17.6 Å². The van der Waals surface area contributed by atoms with Crippen LogP contribution in [0, 0.1) is 0 Å². The Morgan fingerprint density at radius 3 is 2.62 bits per heavy atom. The van der Waals surface area contributed by atoms with Gasteiger partial charge in [0.15, 0.2) is 9.84 Å². The number of carbonyl (C=O) groups is 1. The van der Waals surface area contributed by atoms with Gasteiger partial charge in [-0.2, -0.15) is 0 Å². The second kappa shape index (κ2) is 5.65. The zero-order valence-corrected chi connectivity index (χ0v) is 12.6. The van der Waals surface area contributed by atoms with Crippen molar-refractivity contribution in [1.29, 1.82) is 0 Å². The molecule has 8 heteroatoms. The Labute approximate surface area is 122 Å². The van der Waals surface area contributed by atoms with E-state index < -0.39 is 15.1 Å². The largest absolute Gasteiger partial charge is 0.403 e. The topological polar surface area (TPSA) is 102 Å². The second-order valence-electron chi connectivity index (χ2n) is 4.72. The normalized spacial score (nSPS) is 11.6. The molecule has 21 heavy (non-hydrogen) atoms. The van der Waals surface area contributed by atoms with E-state index >= 15 is 0 Å². The van der Waals surface area contributed by atoms with Crippen LogP contribution < -0.4 is 5.32 Å². The van der Waals surface area contributed by atoms with E-state index in [0.717, 1.165) is 0 Å². The molecule has 2 rings (SSSR count). The van der Waals surface area contributed by atoms with E-state index in [1.54, 1.807) is 26.0 Å². The van der Waals surface area contributed by atoms with Gasteiger partial charge in [0.05, 0.1) is 10.1 Å². The zero-order chi connectivity index (χ0) is 15.6. The van der Waals surface area contributed by atoms with E-state index in [9.17, 15) is 13.2 Å². The molecule has 1 aromatic heterocycles. The minimum Gasteiger partial charge on any atom is -0.403 e. The molecule has 1 aromatic carbocycles. The Morgan fingerprint density at radius 2 is 2.00 bits per heavy atom. The van der Waals surface area contributed by atoms with Crippen molar-refractivity contribution in [2.75, 3.05) is 5.32 Å². The van der Waals surface area contributed by atoms with Crippen LogP contribution in [0.25, 0.3) is 11.5 Å². The minimum absolute atomic E-state index is 0.0328. The molecule has 0 saturated carbocycles. The number of aromatic nitrogens is 2. The summed E-state index contributed by atoms with van der Waals surface area (Å²) in [5.41, 5.74) is 0.473. The van der Waals surface area contributed by atoms with Crippen molar-refractivity contribution in [3.05, 3.63) is 24.3 Å². The van der Waals surface area contributed by atoms with Gasteiger partial charge in [0.25, 0.3) is 0 Å². The molecule has 0 bridgehead atoms. The summed E-state index contributed by atoms with van der Waals surface area (Å²) in [5, 5.41) is 9.28. The van der Waals surface area contributed by atoms with Gasteiger partial charge >= 0.3 is 6.01 Å². The highest BCUT2D eigenvalue weighted by atomic mass is 32.2. The Bertz CT molecular complexity index is 765. The van der Waals surface area contributed by atoms with Gasteiger partial charge in [-0.15, -0.1) is 5.10 Å². The standard InChI is InChI=1S/C13H15N3O4S/c1-8(2)21(18,19)11-6-4-5-10(7-11)12-15-16-13(20-12)14-9(3)17/h4-8H,1-3H3,(H,14,16,17). The highest BCUT2D eigenvalue weighted by Gasteiger charge is 2.20. The molecule has 1 amide bonds. The molecule has 0 radical (unpaired) electrons. The highest BCUT2D eigenvalue weighted by Crippen LogP contribution is 2.24. The molecule has 112 valence electrons. The van der Waals surface area contributed by atoms with Crippen LogP contribution in [0.4, 0.5) is 6.01 Å². The third-order valence-electron chi connectivity index (χ3n) is 2.74. The van der Waals surface area contributed by atoms with Crippen molar-refractivity contribution >= 4 is 21.8 Å². The van der Waals surface area contributed by atoms with Crippen molar-refractivity contribution in [1.82, 2.24) is 10.2 Å². The SMILES string of the molecule is CC(=O)Nc1nnc(-c2cccc(S(=O)(=O)C(C)C)c2)o1. The van der Waals surface area contributed by atoms with Gasteiger partial charge in [-0.05, 0) is 32.0 Å². The third kappa shape index (κ3) is 3.27. The Kier molecular flexibility index (Phi) is 4.08. The number of hydrogen-bond acceptors (Lipinski definition) is 6. The highest BCUT2D eigenvalue weighted by molar-refractivity contribution is 7.92. The summed E-state index contributed by atoms with van der Waals surface area (Å²) in [6.07, 6.45) is 0. The van der Waals surface area contributed by atoms with E-state index in [-0.39, 0.29) is 22.7 Å². The molecule has 7 nitrogen and oxygen atoms in total. The van der Waals surface area contributed by atoms with Crippen molar-refractivity contribution in [3.8, 4) is 11.5 Å². The van der Waals surface area contributed by atoms with Crippen LogP contribution in [0.1, 0.15) is 20.8 Å². The molecule has 0 atom stereocenters. The Balaban J connectivity index is 2.38. The number of anilines is 1. The third-order valence-corrected chi connectivity index (χ3v) is 4.89. The number of sulfone groups is 1. The number of amides is 1. The molecule has 0 aliphatic carbocycles.